The number of aromatic hydroxyl groups is 1. The van der Waals surface area contributed by atoms with Crippen LogP contribution in [-0.2, 0) is 27.3 Å². The number of imide groups is 1. The Balaban J connectivity index is 0.669. The number of nitrogens with zero attached hydrogens (tertiary/aromatic N) is 7. The van der Waals surface area contributed by atoms with Crippen molar-refractivity contribution in [1.82, 2.24) is 35.1 Å². The number of amides is 3. The molecule has 296 valence electrons. The number of phenolic OH excluding ortho intramolecular Hbond substituents is 1. The molecule has 9 rings (SSSR count). The predicted molar refractivity (Wildman–Crippen MR) is 211 cm³/mol. The maximum Gasteiger partial charge on any atom is 0.255 e. The standard InChI is InChI=1S/C42H53N9O5/c52-38-4-2-1-3-34(38)35-24-37-40(46-45-35)43-25-31-27-49(19-20-50(31)37)30-10-15-48(16-11-30)21-22-56-32-12-17-47(18-13-32)14-9-28-5-6-33-29(23-28)26-51(42(33)55)36-7-8-39(53)44-41(36)54/h1-6,23-24,30-32,36,52H,7-22,25-27H2,(H,43,46)(H,44,53,54)/t31-,36?/m0/s1. The highest BCUT2D eigenvalue weighted by Gasteiger charge is 2.40. The van der Waals surface area contributed by atoms with Gasteiger partial charge in [-0.2, -0.15) is 0 Å². The van der Waals surface area contributed by atoms with Crippen molar-refractivity contribution < 1.29 is 24.2 Å². The van der Waals surface area contributed by atoms with Gasteiger partial charge in [-0.1, -0.05) is 24.3 Å². The van der Waals surface area contributed by atoms with Crippen LogP contribution in [0.1, 0.15) is 60.0 Å². The Labute approximate surface area is 328 Å². The summed E-state index contributed by atoms with van der Waals surface area (Å²) < 4.78 is 6.41. The molecule has 3 N–H and O–H groups in total. The van der Waals surface area contributed by atoms with E-state index in [1.54, 1.807) is 11.0 Å². The van der Waals surface area contributed by atoms with E-state index in [1.165, 1.54) is 18.4 Å². The van der Waals surface area contributed by atoms with Crippen LogP contribution in [0.15, 0.2) is 48.5 Å². The zero-order valence-electron chi connectivity index (χ0n) is 32.1. The zero-order valence-corrected chi connectivity index (χ0v) is 32.1. The Morgan fingerprint density at radius 2 is 1.61 bits per heavy atom. The first-order valence-electron chi connectivity index (χ1n) is 20.6. The minimum absolute atomic E-state index is 0.120. The third kappa shape index (κ3) is 7.71. The lowest BCUT2D eigenvalue weighted by molar-refractivity contribution is -0.136. The van der Waals surface area contributed by atoms with Gasteiger partial charge in [0.2, 0.25) is 11.8 Å². The first-order valence-corrected chi connectivity index (χ1v) is 20.6. The van der Waals surface area contributed by atoms with Gasteiger partial charge in [0.05, 0.1) is 30.1 Å². The number of carbonyl (C=O) groups is 3. The molecular formula is C42H53N9O5. The van der Waals surface area contributed by atoms with E-state index in [0.29, 0.717) is 48.0 Å². The molecule has 0 aliphatic carbocycles. The van der Waals surface area contributed by atoms with Gasteiger partial charge in [0.25, 0.3) is 5.91 Å². The Morgan fingerprint density at radius 3 is 2.43 bits per heavy atom. The molecule has 1 unspecified atom stereocenters. The number of piperidine rings is 3. The number of piperazine rings is 1. The zero-order chi connectivity index (χ0) is 38.2. The second kappa shape index (κ2) is 16.1. The monoisotopic (exact) mass is 763 g/mol. The molecule has 1 aromatic heterocycles. The van der Waals surface area contributed by atoms with E-state index in [2.05, 4.69) is 52.6 Å². The normalized spacial score (nSPS) is 24.1. The van der Waals surface area contributed by atoms with Crippen LogP contribution in [-0.4, -0.2) is 149 Å². The molecule has 0 bridgehead atoms. The minimum atomic E-state index is -0.579. The molecule has 6 aliphatic heterocycles. The van der Waals surface area contributed by atoms with E-state index in [1.807, 2.05) is 30.3 Å². The van der Waals surface area contributed by atoms with Crippen molar-refractivity contribution in [3.63, 3.8) is 0 Å². The summed E-state index contributed by atoms with van der Waals surface area (Å²) >= 11 is 0. The van der Waals surface area contributed by atoms with Gasteiger partial charge in [0, 0.05) is 82.5 Å². The highest BCUT2D eigenvalue weighted by molar-refractivity contribution is 6.05. The minimum Gasteiger partial charge on any atom is -0.507 e. The number of ether oxygens (including phenoxy) is 1. The number of hydrogen-bond acceptors (Lipinski definition) is 12. The van der Waals surface area contributed by atoms with Gasteiger partial charge in [-0.25, -0.2) is 0 Å². The van der Waals surface area contributed by atoms with Gasteiger partial charge >= 0.3 is 0 Å². The summed E-state index contributed by atoms with van der Waals surface area (Å²) in [5, 5.41) is 25.2. The fraction of sp³-hybridized carbons (Fsp3) is 0.548. The third-order valence-electron chi connectivity index (χ3n) is 13.0. The summed E-state index contributed by atoms with van der Waals surface area (Å²) in [6.45, 7) is 11.4. The van der Waals surface area contributed by atoms with Gasteiger partial charge in [-0.05, 0) is 87.0 Å². The van der Waals surface area contributed by atoms with Crippen LogP contribution in [0.4, 0.5) is 11.5 Å². The maximum atomic E-state index is 13.0. The van der Waals surface area contributed by atoms with E-state index in [4.69, 9.17) is 4.74 Å². The van der Waals surface area contributed by atoms with Crippen molar-refractivity contribution in [2.75, 3.05) is 82.3 Å². The highest BCUT2D eigenvalue weighted by Crippen LogP contribution is 2.37. The fourth-order valence-corrected chi connectivity index (χ4v) is 9.69. The van der Waals surface area contributed by atoms with E-state index < -0.39 is 6.04 Å². The molecule has 0 spiro atoms. The van der Waals surface area contributed by atoms with Crippen molar-refractivity contribution >= 4 is 29.2 Å². The van der Waals surface area contributed by atoms with Crippen molar-refractivity contribution in [3.8, 4) is 17.0 Å². The lowest BCUT2D eigenvalue weighted by Crippen LogP contribution is -2.61. The second-order valence-electron chi connectivity index (χ2n) is 16.3. The van der Waals surface area contributed by atoms with Crippen molar-refractivity contribution in [3.05, 3.63) is 65.2 Å². The first-order chi connectivity index (χ1) is 27.4. The van der Waals surface area contributed by atoms with Crippen molar-refractivity contribution in [2.24, 2.45) is 0 Å². The number of rotatable bonds is 10. The fourth-order valence-electron chi connectivity index (χ4n) is 9.69. The lowest BCUT2D eigenvalue weighted by atomic mass is 9.99. The second-order valence-corrected chi connectivity index (χ2v) is 16.3. The van der Waals surface area contributed by atoms with Crippen LogP contribution in [0.25, 0.3) is 11.3 Å². The van der Waals surface area contributed by atoms with Gasteiger partial charge in [-0.15, -0.1) is 10.2 Å². The number of para-hydroxylation sites is 1. The SMILES string of the molecule is O=C1CCC(N2Cc3cc(CCN4CCC(OCCN5CCC(N6CCN7c8cc(-c9ccccc9O)nnc8NC[C@H]7C6)CC5)CC4)ccc3C2=O)C(=O)N1. The topological polar surface area (TPSA) is 147 Å². The van der Waals surface area contributed by atoms with E-state index in [9.17, 15) is 19.5 Å². The molecule has 2 atom stereocenters. The van der Waals surface area contributed by atoms with Gasteiger partial charge in [0.1, 0.15) is 11.8 Å². The molecule has 3 amide bonds. The largest absolute Gasteiger partial charge is 0.507 e. The van der Waals surface area contributed by atoms with Crippen LogP contribution in [0, 0.1) is 0 Å². The third-order valence-corrected chi connectivity index (χ3v) is 13.0. The smallest absolute Gasteiger partial charge is 0.255 e. The number of fused-ring (bicyclic) bond motifs is 4. The number of nitrogens with one attached hydrogen (secondary N) is 2. The molecule has 7 heterocycles. The van der Waals surface area contributed by atoms with Crippen LogP contribution in [0.3, 0.4) is 0 Å². The molecular weight excluding hydrogens is 711 g/mol. The maximum absolute atomic E-state index is 13.0. The number of hydrogen-bond donors (Lipinski definition) is 3. The molecule has 0 radical (unpaired) electrons. The molecule has 14 nitrogen and oxygen atoms in total. The summed E-state index contributed by atoms with van der Waals surface area (Å²) in [6, 6.07) is 15.9. The summed E-state index contributed by atoms with van der Waals surface area (Å²) in [4.78, 5) is 48.9. The van der Waals surface area contributed by atoms with Crippen LogP contribution in [0.2, 0.25) is 0 Å². The van der Waals surface area contributed by atoms with Crippen LogP contribution < -0.4 is 15.5 Å². The van der Waals surface area contributed by atoms with Crippen molar-refractivity contribution in [1.29, 1.82) is 0 Å². The summed E-state index contributed by atoms with van der Waals surface area (Å²) in [7, 11) is 0. The number of aromatic nitrogens is 2. The van der Waals surface area contributed by atoms with Crippen LogP contribution >= 0.6 is 0 Å². The summed E-state index contributed by atoms with van der Waals surface area (Å²) in [6.07, 6.45) is 6.37. The van der Waals surface area contributed by atoms with Gasteiger partial charge in [0.15, 0.2) is 5.82 Å². The Bertz CT molecular complexity index is 1940. The van der Waals surface area contributed by atoms with Crippen LogP contribution in [0.5, 0.6) is 5.75 Å². The molecule has 6 aliphatic rings. The van der Waals surface area contributed by atoms with Gasteiger partial charge in [-0.3, -0.25) is 24.6 Å². The van der Waals surface area contributed by atoms with E-state index >= 15 is 0 Å². The number of benzene rings is 2. The number of phenols is 1. The molecule has 56 heavy (non-hydrogen) atoms. The van der Waals surface area contributed by atoms with E-state index in [-0.39, 0.29) is 29.9 Å². The Morgan fingerprint density at radius 1 is 0.804 bits per heavy atom. The molecule has 3 aromatic rings. The highest BCUT2D eigenvalue weighted by atomic mass is 16.5. The van der Waals surface area contributed by atoms with Gasteiger partial charge < -0.3 is 34.8 Å². The predicted octanol–water partition coefficient (Wildman–Crippen LogP) is 2.71. The molecule has 2 aromatic carbocycles. The first kappa shape index (κ1) is 37.0. The number of anilines is 2. The molecule has 14 heteroatoms. The lowest BCUT2D eigenvalue weighted by Gasteiger charge is -2.49. The van der Waals surface area contributed by atoms with Crippen molar-refractivity contribution in [2.45, 2.75) is 75.7 Å². The summed E-state index contributed by atoms with van der Waals surface area (Å²) in [5.74, 6) is 0.285. The Kier molecular flexibility index (Phi) is 10.6. The average molecular weight is 764 g/mol. The average Bonchev–Trinajstić information content (AvgIpc) is 3.55. The molecule has 0 saturated carbocycles. The molecule has 4 saturated heterocycles. The number of likely N-dealkylation sites (tertiary alicyclic amines) is 2. The van der Waals surface area contributed by atoms with E-state index in [0.717, 1.165) is 108 Å². The quantitative estimate of drug-likeness (QED) is 0.261. The number of carbonyl (C=O) groups excluding carboxylic acids is 3. The molecule has 4 fully saturated rings. The Hall–Kier alpha value is -4.63. The summed E-state index contributed by atoms with van der Waals surface area (Å²) in [5.41, 5.74) is 5.32.